The summed E-state index contributed by atoms with van der Waals surface area (Å²) in [7, 11) is 0. The lowest BCUT2D eigenvalue weighted by atomic mass is 9.80. The van der Waals surface area contributed by atoms with Crippen molar-refractivity contribution in [1.29, 1.82) is 0 Å². The highest BCUT2D eigenvalue weighted by Crippen LogP contribution is 2.35. The molecule has 4 aliphatic rings. The molecule has 4 aliphatic heterocycles. The van der Waals surface area contributed by atoms with E-state index in [0.29, 0.717) is 30.5 Å². The Kier molecular flexibility index (Phi) is 4.64. The second-order valence-corrected chi connectivity index (χ2v) is 8.76. The van der Waals surface area contributed by atoms with Gasteiger partial charge in [-0.25, -0.2) is 0 Å². The lowest BCUT2D eigenvalue weighted by molar-refractivity contribution is -0.136. The molecule has 3 N–H and O–H groups in total. The third-order valence-electron chi connectivity index (χ3n) is 6.58. The molecule has 0 bridgehead atoms. The highest BCUT2D eigenvalue weighted by atomic mass is 16.5. The van der Waals surface area contributed by atoms with Crippen LogP contribution in [-0.2, 0) is 27.4 Å². The molecule has 2 atom stereocenters. The normalized spacial score (nSPS) is 27.9. The second kappa shape index (κ2) is 7.19. The molecule has 3 saturated heterocycles. The van der Waals surface area contributed by atoms with Gasteiger partial charge >= 0.3 is 0 Å². The van der Waals surface area contributed by atoms with Gasteiger partial charge < -0.3 is 20.3 Å². The van der Waals surface area contributed by atoms with Crippen molar-refractivity contribution in [3.63, 3.8) is 0 Å². The zero-order valence-corrected chi connectivity index (χ0v) is 16.3. The number of piperidine rings is 1. The smallest absolute Gasteiger partial charge is 0.255 e. The van der Waals surface area contributed by atoms with Crippen molar-refractivity contribution in [2.75, 3.05) is 26.2 Å². The van der Waals surface area contributed by atoms with E-state index >= 15 is 0 Å². The molecule has 0 aromatic heterocycles. The fourth-order valence-corrected chi connectivity index (χ4v) is 4.84. The highest BCUT2D eigenvalue weighted by Gasteiger charge is 2.44. The molecule has 8 heteroatoms. The van der Waals surface area contributed by atoms with Crippen molar-refractivity contribution in [2.45, 2.75) is 44.5 Å². The van der Waals surface area contributed by atoms with Crippen molar-refractivity contribution in [3.05, 3.63) is 34.9 Å². The molecule has 1 aromatic rings. The van der Waals surface area contributed by atoms with E-state index in [1.54, 1.807) is 4.90 Å². The Hall–Kier alpha value is -2.29. The molecular formula is C21H26N4O4. The minimum atomic E-state index is -0.568. The van der Waals surface area contributed by atoms with Crippen LogP contribution in [0.25, 0.3) is 0 Å². The number of rotatable bonds is 5. The van der Waals surface area contributed by atoms with E-state index in [1.807, 2.05) is 18.2 Å². The Morgan fingerprint density at radius 1 is 1.24 bits per heavy atom. The Morgan fingerprint density at radius 2 is 2.10 bits per heavy atom. The minimum absolute atomic E-state index is 0.130. The SMILES string of the molecule is O=C1CCC(N2Cc3ccc(CNCC4CC5(CNC5)CO4)cc3C2=O)C(=O)N1. The molecular weight excluding hydrogens is 372 g/mol. The van der Waals surface area contributed by atoms with Gasteiger partial charge in [-0.15, -0.1) is 0 Å². The first-order valence-electron chi connectivity index (χ1n) is 10.3. The monoisotopic (exact) mass is 398 g/mol. The van der Waals surface area contributed by atoms with Crippen LogP contribution < -0.4 is 16.0 Å². The fourth-order valence-electron chi connectivity index (χ4n) is 4.84. The van der Waals surface area contributed by atoms with Gasteiger partial charge in [0.15, 0.2) is 0 Å². The van der Waals surface area contributed by atoms with Crippen molar-refractivity contribution < 1.29 is 19.1 Å². The third-order valence-corrected chi connectivity index (χ3v) is 6.58. The van der Waals surface area contributed by atoms with E-state index in [0.717, 1.165) is 43.8 Å². The van der Waals surface area contributed by atoms with Crippen LogP contribution in [0.1, 0.15) is 40.7 Å². The van der Waals surface area contributed by atoms with E-state index < -0.39 is 6.04 Å². The third kappa shape index (κ3) is 3.45. The van der Waals surface area contributed by atoms with Crippen LogP contribution in [0.4, 0.5) is 0 Å². The number of ether oxygens (including phenoxy) is 1. The van der Waals surface area contributed by atoms with Crippen LogP contribution in [0, 0.1) is 5.41 Å². The van der Waals surface area contributed by atoms with Crippen LogP contribution in [-0.4, -0.2) is 61.0 Å². The maximum Gasteiger partial charge on any atom is 0.255 e. The Labute approximate surface area is 169 Å². The average Bonchev–Trinajstić information content (AvgIpc) is 3.24. The van der Waals surface area contributed by atoms with Gasteiger partial charge in [0.05, 0.1) is 12.7 Å². The number of nitrogens with one attached hydrogen (secondary N) is 3. The number of hydrogen-bond acceptors (Lipinski definition) is 6. The van der Waals surface area contributed by atoms with Crippen LogP contribution in [0.2, 0.25) is 0 Å². The Bertz CT molecular complexity index is 866. The topological polar surface area (TPSA) is 99.8 Å². The van der Waals surface area contributed by atoms with Gasteiger partial charge in [0, 0.05) is 50.1 Å². The molecule has 4 heterocycles. The van der Waals surface area contributed by atoms with Gasteiger partial charge in [-0.05, 0) is 30.0 Å². The van der Waals surface area contributed by atoms with E-state index in [-0.39, 0.29) is 30.2 Å². The zero-order valence-electron chi connectivity index (χ0n) is 16.3. The molecule has 8 nitrogen and oxygen atoms in total. The largest absolute Gasteiger partial charge is 0.376 e. The predicted octanol–water partition coefficient (Wildman–Crippen LogP) is -0.0843. The summed E-state index contributed by atoms with van der Waals surface area (Å²) < 4.78 is 5.91. The summed E-state index contributed by atoms with van der Waals surface area (Å²) in [5, 5.41) is 9.11. The van der Waals surface area contributed by atoms with Crippen molar-refractivity contribution >= 4 is 17.7 Å². The zero-order chi connectivity index (χ0) is 20.0. The van der Waals surface area contributed by atoms with Gasteiger partial charge in [0.1, 0.15) is 6.04 Å². The molecule has 1 aromatic carbocycles. The quantitative estimate of drug-likeness (QED) is 0.600. The summed E-state index contributed by atoms with van der Waals surface area (Å²) in [5.74, 6) is -0.773. The first-order chi connectivity index (χ1) is 14.0. The highest BCUT2D eigenvalue weighted by molar-refractivity contribution is 6.05. The molecule has 5 rings (SSSR count). The predicted molar refractivity (Wildman–Crippen MR) is 104 cm³/mol. The number of amides is 3. The van der Waals surface area contributed by atoms with Gasteiger partial charge in [0.25, 0.3) is 5.91 Å². The van der Waals surface area contributed by atoms with Gasteiger partial charge in [-0.1, -0.05) is 12.1 Å². The van der Waals surface area contributed by atoms with Crippen molar-refractivity contribution in [2.24, 2.45) is 5.41 Å². The second-order valence-electron chi connectivity index (χ2n) is 8.76. The van der Waals surface area contributed by atoms with Crippen LogP contribution in [0.3, 0.4) is 0 Å². The first-order valence-corrected chi connectivity index (χ1v) is 10.3. The first kappa shape index (κ1) is 18.7. The number of imide groups is 1. The van der Waals surface area contributed by atoms with Crippen molar-refractivity contribution in [3.8, 4) is 0 Å². The molecule has 0 aliphatic carbocycles. The summed E-state index contributed by atoms with van der Waals surface area (Å²) in [4.78, 5) is 38.0. The van der Waals surface area contributed by atoms with Crippen molar-refractivity contribution in [1.82, 2.24) is 20.9 Å². The Morgan fingerprint density at radius 3 is 2.83 bits per heavy atom. The average molecular weight is 398 g/mol. The van der Waals surface area contributed by atoms with E-state index in [2.05, 4.69) is 16.0 Å². The van der Waals surface area contributed by atoms with Gasteiger partial charge in [-0.2, -0.15) is 0 Å². The minimum Gasteiger partial charge on any atom is -0.376 e. The molecule has 154 valence electrons. The lowest BCUT2D eigenvalue weighted by Crippen LogP contribution is -2.54. The van der Waals surface area contributed by atoms with Crippen LogP contribution >= 0.6 is 0 Å². The summed E-state index contributed by atoms with van der Waals surface area (Å²) in [6.07, 6.45) is 2.00. The number of hydrogen-bond donors (Lipinski definition) is 3. The number of benzene rings is 1. The number of fused-ring (bicyclic) bond motifs is 1. The molecule has 0 radical (unpaired) electrons. The van der Waals surface area contributed by atoms with Crippen LogP contribution in [0.15, 0.2) is 18.2 Å². The van der Waals surface area contributed by atoms with E-state index in [4.69, 9.17) is 4.74 Å². The maximum atomic E-state index is 12.9. The summed E-state index contributed by atoms with van der Waals surface area (Å²) >= 11 is 0. The molecule has 1 spiro atoms. The van der Waals surface area contributed by atoms with Gasteiger partial charge in [0.2, 0.25) is 11.8 Å². The number of carbonyl (C=O) groups excluding carboxylic acids is 3. The molecule has 2 unspecified atom stereocenters. The van der Waals surface area contributed by atoms with Crippen LogP contribution in [0.5, 0.6) is 0 Å². The summed E-state index contributed by atoms with van der Waals surface area (Å²) in [5.41, 5.74) is 2.99. The molecule has 3 fully saturated rings. The summed E-state index contributed by atoms with van der Waals surface area (Å²) in [6.45, 7) is 4.84. The molecule has 29 heavy (non-hydrogen) atoms. The van der Waals surface area contributed by atoms with Gasteiger partial charge in [-0.3, -0.25) is 19.7 Å². The summed E-state index contributed by atoms with van der Waals surface area (Å²) in [6, 6.07) is 5.35. The van der Waals surface area contributed by atoms with E-state index in [1.165, 1.54) is 0 Å². The number of nitrogens with zero attached hydrogens (tertiary/aromatic N) is 1. The van der Waals surface area contributed by atoms with E-state index in [9.17, 15) is 14.4 Å². The standard InChI is InChI=1S/C21H26N4O4/c26-18-4-3-17(19(27)24-18)25-9-14-2-1-13(5-16(14)20(25)28)7-22-8-15-6-21(12-29-15)10-23-11-21/h1-2,5,15,17,22-23H,3-4,6-12H2,(H,24,26,27). The fraction of sp³-hybridized carbons (Fsp3) is 0.571. The lowest BCUT2D eigenvalue weighted by Gasteiger charge is -2.37. The maximum absolute atomic E-state index is 12.9. The molecule has 0 saturated carbocycles. The Balaban J connectivity index is 1.18. The molecule has 3 amide bonds. The number of carbonyl (C=O) groups is 3.